The normalized spacial score (nSPS) is 25.4. The Morgan fingerprint density at radius 3 is 2.95 bits per heavy atom. The van der Waals surface area contributed by atoms with Gasteiger partial charge in [0.2, 0.25) is 5.91 Å². The molecule has 1 aliphatic rings. The Bertz CT molecular complexity index is 441. The Morgan fingerprint density at radius 1 is 1.55 bits per heavy atom. The van der Waals surface area contributed by atoms with Crippen molar-refractivity contribution in [3.8, 4) is 0 Å². The van der Waals surface area contributed by atoms with Gasteiger partial charge in [0.05, 0.1) is 5.60 Å². The summed E-state index contributed by atoms with van der Waals surface area (Å²) in [5.41, 5.74) is -0.0628. The Morgan fingerprint density at radius 2 is 2.35 bits per heavy atom. The second kappa shape index (κ2) is 6.22. The van der Waals surface area contributed by atoms with Crippen molar-refractivity contribution in [2.24, 2.45) is 5.41 Å². The van der Waals surface area contributed by atoms with Crippen LogP contribution in [0.1, 0.15) is 52.9 Å². The minimum Gasteiger partial charge on any atom is -0.376 e. The van der Waals surface area contributed by atoms with E-state index in [9.17, 15) is 4.79 Å². The van der Waals surface area contributed by atoms with E-state index in [4.69, 9.17) is 4.74 Å². The van der Waals surface area contributed by atoms with Crippen LogP contribution in [0.4, 0.5) is 5.13 Å². The first-order valence-electron chi connectivity index (χ1n) is 7.28. The number of amides is 1. The van der Waals surface area contributed by atoms with Gasteiger partial charge in [0.15, 0.2) is 5.13 Å². The maximum atomic E-state index is 12.3. The third-order valence-corrected chi connectivity index (χ3v) is 4.61. The molecule has 1 aliphatic heterocycles. The lowest BCUT2D eigenvalue weighted by Crippen LogP contribution is -2.43. The van der Waals surface area contributed by atoms with E-state index in [1.54, 1.807) is 6.20 Å². The zero-order chi connectivity index (χ0) is 14.6. The van der Waals surface area contributed by atoms with E-state index in [0.29, 0.717) is 11.6 Å². The fourth-order valence-electron chi connectivity index (χ4n) is 3.36. The molecule has 1 aromatic rings. The molecule has 2 heterocycles. The second-order valence-corrected chi connectivity index (χ2v) is 7.24. The van der Waals surface area contributed by atoms with E-state index in [2.05, 4.69) is 31.1 Å². The molecule has 1 atom stereocenters. The fraction of sp³-hybridized carbons (Fsp3) is 0.733. The summed E-state index contributed by atoms with van der Waals surface area (Å²) in [7, 11) is 0. The van der Waals surface area contributed by atoms with Gasteiger partial charge in [-0.2, -0.15) is 0 Å². The summed E-state index contributed by atoms with van der Waals surface area (Å²) in [5, 5.41) is 5.47. The molecule has 112 valence electrons. The zero-order valence-corrected chi connectivity index (χ0v) is 13.4. The Kier molecular flexibility index (Phi) is 4.81. The van der Waals surface area contributed by atoms with Gasteiger partial charge in [0.25, 0.3) is 0 Å². The number of ether oxygens (including phenoxy) is 1. The number of carbonyl (C=O) groups is 1. The standard InChI is InChI=1S/C15H24N2O2S/c1-4-5-15(6-8-19-14(2,3)11-15)10-12(18)17-13-16-7-9-20-13/h7,9H,4-6,8,10-11H2,1-3H3,(H,16,17,18)/t15-/m1/s1. The van der Waals surface area contributed by atoms with E-state index < -0.39 is 0 Å². The van der Waals surface area contributed by atoms with E-state index in [-0.39, 0.29) is 16.9 Å². The van der Waals surface area contributed by atoms with Crippen LogP contribution >= 0.6 is 11.3 Å². The van der Waals surface area contributed by atoms with Gasteiger partial charge in [-0.25, -0.2) is 4.98 Å². The lowest BCUT2D eigenvalue weighted by atomic mass is 9.69. The molecule has 5 heteroatoms. The SMILES string of the molecule is CCC[C@]1(CC(=O)Nc2nccs2)CCOC(C)(C)C1. The monoisotopic (exact) mass is 296 g/mol. The Balaban J connectivity index is 2.03. The van der Waals surface area contributed by atoms with Crippen LogP contribution in [-0.4, -0.2) is 23.1 Å². The maximum absolute atomic E-state index is 12.3. The molecule has 0 unspecified atom stereocenters. The quantitative estimate of drug-likeness (QED) is 0.898. The van der Waals surface area contributed by atoms with Crippen LogP contribution in [0.2, 0.25) is 0 Å². The smallest absolute Gasteiger partial charge is 0.226 e. The van der Waals surface area contributed by atoms with Crippen molar-refractivity contribution in [2.75, 3.05) is 11.9 Å². The maximum Gasteiger partial charge on any atom is 0.226 e. The molecule has 0 aromatic carbocycles. The lowest BCUT2D eigenvalue weighted by Gasteiger charge is -2.44. The van der Waals surface area contributed by atoms with Gasteiger partial charge in [-0.05, 0) is 38.5 Å². The first-order valence-corrected chi connectivity index (χ1v) is 8.16. The first kappa shape index (κ1) is 15.4. The number of hydrogen-bond donors (Lipinski definition) is 1. The van der Waals surface area contributed by atoms with E-state index in [1.165, 1.54) is 11.3 Å². The molecular formula is C15H24N2O2S. The summed E-state index contributed by atoms with van der Waals surface area (Å²) < 4.78 is 5.81. The number of nitrogens with one attached hydrogen (secondary N) is 1. The Hall–Kier alpha value is -0.940. The van der Waals surface area contributed by atoms with Crippen LogP contribution in [0, 0.1) is 5.41 Å². The summed E-state index contributed by atoms with van der Waals surface area (Å²) in [4.78, 5) is 16.4. The van der Waals surface area contributed by atoms with E-state index >= 15 is 0 Å². The second-order valence-electron chi connectivity index (χ2n) is 6.35. The van der Waals surface area contributed by atoms with Crippen LogP contribution in [0.15, 0.2) is 11.6 Å². The molecule has 1 aromatic heterocycles. The number of anilines is 1. The average molecular weight is 296 g/mol. The summed E-state index contributed by atoms with van der Waals surface area (Å²) in [6.45, 7) is 7.17. The molecule has 2 rings (SSSR count). The third kappa shape index (κ3) is 4.03. The highest BCUT2D eigenvalue weighted by Crippen LogP contribution is 2.45. The minimum absolute atomic E-state index is 0.0673. The van der Waals surface area contributed by atoms with Crippen molar-refractivity contribution >= 4 is 22.4 Å². The number of aromatic nitrogens is 1. The summed E-state index contributed by atoms with van der Waals surface area (Å²) in [6, 6.07) is 0. The topological polar surface area (TPSA) is 51.2 Å². The molecule has 0 bridgehead atoms. The zero-order valence-electron chi connectivity index (χ0n) is 12.6. The highest BCUT2D eigenvalue weighted by Gasteiger charge is 2.41. The molecule has 0 spiro atoms. The van der Waals surface area contributed by atoms with Crippen LogP contribution in [0.5, 0.6) is 0 Å². The number of hydrogen-bond acceptors (Lipinski definition) is 4. The average Bonchev–Trinajstić information content (AvgIpc) is 2.79. The van der Waals surface area contributed by atoms with Crippen molar-refractivity contribution in [3.63, 3.8) is 0 Å². The molecule has 0 saturated carbocycles. The predicted octanol–water partition coefficient (Wildman–Crippen LogP) is 3.85. The molecule has 1 fully saturated rings. The molecule has 1 saturated heterocycles. The molecule has 0 radical (unpaired) electrons. The van der Waals surface area contributed by atoms with Crippen molar-refractivity contribution in [1.82, 2.24) is 4.98 Å². The molecule has 0 aliphatic carbocycles. The fourth-order valence-corrected chi connectivity index (χ4v) is 3.90. The number of nitrogens with zero attached hydrogens (tertiary/aromatic N) is 1. The summed E-state index contributed by atoms with van der Waals surface area (Å²) in [5.74, 6) is 0.0751. The highest BCUT2D eigenvalue weighted by atomic mass is 32.1. The lowest BCUT2D eigenvalue weighted by molar-refractivity contribution is -0.130. The molecule has 20 heavy (non-hydrogen) atoms. The minimum atomic E-state index is -0.130. The van der Waals surface area contributed by atoms with Crippen molar-refractivity contribution in [2.45, 2.75) is 58.5 Å². The highest BCUT2D eigenvalue weighted by molar-refractivity contribution is 7.13. The van der Waals surface area contributed by atoms with Crippen LogP contribution < -0.4 is 5.32 Å². The number of rotatable bonds is 5. The number of carbonyl (C=O) groups excluding carboxylic acids is 1. The molecular weight excluding hydrogens is 272 g/mol. The van der Waals surface area contributed by atoms with Gasteiger partial charge in [-0.1, -0.05) is 13.3 Å². The number of thiazole rings is 1. The van der Waals surface area contributed by atoms with Gasteiger partial charge in [-0.3, -0.25) is 4.79 Å². The van der Waals surface area contributed by atoms with Gasteiger partial charge < -0.3 is 10.1 Å². The summed E-state index contributed by atoms with van der Waals surface area (Å²) in [6.07, 6.45) is 6.35. The van der Waals surface area contributed by atoms with Crippen molar-refractivity contribution in [1.29, 1.82) is 0 Å². The molecule has 1 amide bonds. The van der Waals surface area contributed by atoms with Gasteiger partial charge in [-0.15, -0.1) is 11.3 Å². The largest absolute Gasteiger partial charge is 0.376 e. The Labute approximate surface area is 124 Å². The molecule has 4 nitrogen and oxygen atoms in total. The van der Waals surface area contributed by atoms with Crippen LogP contribution in [0.25, 0.3) is 0 Å². The third-order valence-electron chi connectivity index (χ3n) is 3.92. The van der Waals surface area contributed by atoms with Crippen LogP contribution in [-0.2, 0) is 9.53 Å². The van der Waals surface area contributed by atoms with E-state index in [0.717, 1.165) is 32.3 Å². The van der Waals surface area contributed by atoms with Gasteiger partial charge in [0, 0.05) is 24.6 Å². The first-order chi connectivity index (χ1) is 9.45. The van der Waals surface area contributed by atoms with Gasteiger partial charge >= 0.3 is 0 Å². The molecule has 1 N–H and O–H groups in total. The van der Waals surface area contributed by atoms with Crippen molar-refractivity contribution < 1.29 is 9.53 Å². The predicted molar refractivity (Wildman–Crippen MR) is 82.0 cm³/mol. The van der Waals surface area contributed by atoms with Gasteiger partial charge in [0.1, 0.15) is 0 Å². The van der Waals surface area contributed by atoms with Crippen LogP contribution in [0.3, 0.4) is 0 Å². The summed E-state index contributed by atoms with van der Waals surface area (Å²) >= 11 is 1.46. The van der Waals surface area contributed by atoms with E-state index in [1.807, 2.05) is 5.38 Å². The van der Waals surface area contributed by atoms with Crippen molar-refractivity contribution in [3.05, 3.63) is 11.6 Å².